The number of rotatable bonds is 5. The molecule has 0 aliphatic heterocycles. The van der Waals surface area contributed by atoms with Gasteiger partial charge in [-0.15, -0.1) is 0 Å². The molecule has 0 spiro atoms. The van der Waals surface area contributed by atoms with Crippen molar-refractivity contribution in [1.82, 2.24) is 9.78 Å². The summed E-state index contributed by atoms with van der Waals surface area (Å²) in [6, 6.07) is 8.93. The molecule has 0 saturated heterocycles. The number of hydrogen-bond acceptors (Lipinski definition) is 3. The summed E-state index contributed by atoms with van der Waals surface area (Å²) in [6.45, 7) is 6.52. The van der Waals surface area contributed by atoms with E-state index in [1.54, 1.807) is 16.8 Å². The van der Waals surface area contributed by atoms with Crippen LogP contribution in [0.15, 0.2) is 42.6 Å². The van der Waals surface area contributed by atoms with Gasteiger partial charge in [0.2, 0.25) is 0 Å². The smallest absolute Gasteiger partial charge is 0.258 e. The average Bonchev–Trinajstić information content (AvgIpc) is 3.03. The normalized spacial score (nSPS) is 11.5. The summed E-state index contributed by atoms with van der Waals surface area (Å²) in [5, 5.41) is 17.5. The molecular weight excluding hydrogens is 405 g/mol. The Bertz CT molecular complexity index is 1090. The van der Waals surface area contributed by atoms with Crippen LogP contribution in [-0.2, 0) is 13.5 Å². The molecule has 0 unspecified atom stereocenters. The number of phenols is 1. The molecule has 0 saturated carbocycles. The summed E-state index contributed by atoms with van der Waals surface area (Å²) in [5.41, 5.74) is 2.59. The molecule has 3 aromatic rings. The number of hydrogen-bond donors (Lipinski definition) is 2. The summed E-state index contributed by atoms with van der Waals surface area (Å²) in [7, 11) is 1.83. The Hall–Kier alpha value is -2.86. The summed E-state index contributed by atoms with van der Waals surface area (Å²) >= 11 is 5.77. The number of nitrogens with zero attached hydrogens (tertiary/aromatic N) is 2. The number of carbonyl (C=O) groups is 1. The third-order valence-corrected chi connectivity index (χ3v) is 5.05. The van der Waals surface area contributed by atoms with Crippen molar-refractivity contribution in [1.29, 1.82) is 0 Å². The highest BCUT2D eigenvalue weighted by Gasteiger charge is 2.19. The molecule has 1 amide bonds. The Morgan fingerprint density at radius 1 is 1.27 bits per heavy atom. The van der Waals surface area contributed by atoms with E-state index in [1.165, 1.54) is 24.3 Å². The topological polar surface area (TPSA) is 67.2 Å². The van der Waals surface area contributed by atoms with E-state index in [4.69, 9.17) is 11.6 Å². The zero-order valence-electron chi connectivity index (χ0n) is 17.5. The van der Waals surface area contributed by atoms with Gasteiger partial charge < -0.3 is 10.4 Å². The van der Waals surface area contributed by atoms with E-state index in [-0.39, 0.29) is 21.8 Å². The van der Waals surface area contributed by atoms with Gasteiger partial charge in [-0.05, 0) is 54.2 Å². The number of nitrogens with one attached hydrogen (secondary N) is 1. The number of phenolic OH excluding ortho intramolecular Hbond substituents is 1. The van der Waals surface area contributed by atoms with Crippen LogP contribution in [0.5, 0.6) is 5.75 Å². The van der Waals surface area contributed by atoms with Gasteiger partial charge in [0.05, 0.1) is 16.3 Å². The first-order chi connectivity index (χ1) is 14.0. The lowest BCUT2D eigenvalue weighted by Gasteiger charge is -2.17. The van der Waals surface area contributed by atoms with Crippen LogP contribution in [0.2, 0.25) is 5.02 Å². The van der Waals surface area contributed by atoms with Gasteiger partial charge in [-0.3, -0.25) is 9.48 Å². The zero-order chi connectivity index (χ0) is 22.1. The number of aromatic nitrogens is 2. The van der Waals surface area contributed by atoms with E-state index in [0.29, 0.717) is 16.9 Å². The quantitative estimate of drug-likeness (QED) is 0.502. The Labute approximate surface area is 180 Å². The first kappa shape index (κ1) is 21.8. The molecule has 0 aliphatic carbocycles. The summed E-state index contributed by atoms with van der Waals surface area (Å²) in [6.07, 6.45) is 3.69. The van der Waals surface area contributed by atoms with E-state index in [9.17, 15) is 14.3 Å². The SMILES string of the molecule is Cn1cc(CCC(C)(C)C)c(-c2cc(NC(=O)c3cccc(Cl)c3F)ccc2O)n1. The van der Waals surface area contributed by atoms with E-state index in [0.717, 1.165) is 18.4 Å². The highest BCUT2D eigenvalue weighted by atomic mass is 35.5. The number of aromatic hydroxyl groups is 1. The van der Waals surface area contributed by atoms with Gasteiger partial charge in [0.25, 0.3) is 5.91 Å². The number of benzene rings is 2. The molecule has 158 valence electrons. The molecule has 0 fully saturated rings. The van der Waals surface area contributed by atoms with Crippen LogP contribution in [0.1, 0.15) is 43.1 Å². The van der Waals surface area contributed by atoms with Crippen molar-refractivity contribution in [2.45, 2.75) is 33.6 Å². The Morgan fingerprint density at radius 2 is 2.00 bits per heavy atom. The van der Waals surface area contributed by atoms with E-state index >= 15 is 0 Å². The van der Waals surface area contributed by atoms with E-state index < -0.39 is 11.7 Å². The van der Waals surface area contributed by atoms with E-state index in [2.05, 4.69) is 31.2 Å². The maximum absolute atomic E-state index is 14.2. The lowest BCUT2D eigenvalue weighted by atomic mass is 9.88. The molecule has 0 atom stereocenters. The van der Waals surface area contributed by atoms with Crippen molar-refractivity contribution >= 4 is 23.2 Å². The molecule has 1 heterocycles. The molecule has 0 radical (unpaired) electrons. The highest BCUT2D eigenvalue weighted by Crippen LogP contribution is 2.34. The number of halogens is 2. The van der Waals surface area contributed by atoms with Crippen molar-refractivity contribution in [2.75, 3.05) is 5.32 Å². The van der Waals surface area contributed by atoms with Crippen LogP contribution >= 0.6 is 11.6 Å². The molecule has 0 bridgehead atoms. The van der Waals surface area contributed by atoms with Gasteiger partial charge in [0, 0.05) is 24.5 Å². The average molecular weight is 430 g/mol. The van der Waals surface area contributed by atoms with Gasteiger partial charge in [-0.25, -0.2) is 4.39 Å². The Balaban J connectivity index is 1.91. The summed E-state index contributed by atoms with van der Waals surface area (Å²) in [4.78, 5) is 12.5. The highest BCUT2D eigenvalue weighted by molar-refractivity contribution is 6.31. The number of carbonyl (C=O) groups excluding carboxylic acids is 1. The fourth-order valence-electron chi connectivity index (χ4n) is 3.14. The van der Waals surface area contributed by atoms with Crippen LogP contribution < -0.4 is 5.32 Å². The minimum absolute atomic E-state index is 0.0534. The number of amides is 1. The predicted octanol–water partition coefficient (Wildman–Crippen LogP) is 5.82. The molecule has 2 aromatic carbocycles. The van der Waals surface area contributed by atoms with Crippen LogP contribution in [-0.4, -0.2) is 20.8 Å². The fourth-order valence-corrected chi connectivity index (χ4v) is 3.31. The van der Waals surface area contributed by atoms with Gasteiger partial charge in [0.1, 0.15) is 5.75 Å². The molecule has 1 aromatic heterocycles. The minimum Gasteiger partial charge on any atom is -0.507 e. The lowest BCUT2D eigenvalue weighted by molar-refractivity contribution is 0.102. The first-order valence-corrected chi connectivity index (χ1v) is 10.0. The van der Waals surface area contributed by atoms with Crippen LogP contribution in [0.4, 0.5) is 10.1 Å². The Kier molecular flexibility index (Phi) is 6.17. The van der Waals surface area contributed by atoms with Crippen molar-refractivity contribution in [3.63, 3.8) is 0 Å². The summed E-state index contributed by atoms with van der Waals surface area (Å²) in [5.74, 6) is -1.34. The third kappa shape index (κ3) is 5.00. The zero-order valence-corrected chi connectivity index (χ0v) is 18.2. The van der Waals surface area contributed by atoms with Crippen LogP contribution in [0, 0.1) is 11.2 Å². The van der Waals surface area contributed by atoms with Crippen molar-refractivity contribution in [2.24, 2.45) is 12.5 Å². The standard InChI is InChI=1S/C23H25ClFN3O2/c1-23(2,3)11-10-14-13-28(4)27-21(14)17-12-15(8-9-19(17)29)26-22(30)16-6-5-7-18(24)20(16)25/h5-9,12-13,29H,10-11H2,1-4H3,(H,26,30). The second-order valence-electron chi connectivity index (χ2n) is 8.52. The van der Waals surface area contributed by atoms with Crippen LogP contribution in [0.25, 0.3) is 11.3 Å². The maximum Gasteiger partial charge on any atom is 0.258 e. The molecule has 3 rings (SSSR count). The second-order valence-corrected chi connectivity index (χ2v) is 8.93. The van der Waals surface area contributed by atoms with Gasteiger partial charge in [-0.1, -0.05) is 38.4 Å². The van der Waals surface area contributed by atoms with Crippen molar-refractivity contribution in [3.8, 4) is 17.0 Å². The molecular formula is C23H25ClFN3O2. The number of aryl methyl sites for hydroxylation is 2. The molecule has 0 aliphatic rings. The monoisotopic (exact) mass is 429 g/mol. The summed E-state index contributed by atoms with van der Waals surface area (Å²) < 4.78 is 15.9. The van der Waals surface area contributed by atoms with Crippen molar-refractivity contribution in [3.05, 3.63) is 64.6 Å². The third-order valence-electron chi connectivity index (χ3n) is 4.75. The first-order valence-electron chi connectivity index (χ1n) is 9.66. The molecule has 2 N–H and O–H groups in total. The largest absolute Gasteiger partial charge is 0.507 e. The minimum atomic E-state index is -0.773. The van der Waals surface area contributed by atoms with Gasteiger partial charge >= 0.3 is 0 Å². The van der Waals surface area contributed by atoms with E-state index in [1.807, 2.05) is 13.2 Å². The lowest BCUT2D eigenvalue weighted by Crippen LogP contribution is -2.14. The fraction of sp³-hybridized carbons (Fsp3) is 0.304. The van der Waals surface area contributed by atoms with Crippen molar-refractivity contribution < 1.29 is 14.3 Å². The van der Waals surface area contributed by atoms with Gasteiger partial charge in [-0.2, -0.15) is 5.10 Å². The molecule has 30 heavy (non-hydrogen) atoms. The second kappa shape index (κ2) is 8.48. The molecule has 5 nitrogen and oxygen atoms in total. The molecule has 7 heteroatoms. The van der Waals surface area contributed by atoms with Gasteiger partial charge in [0.15, 0.2) is 5.82 Å². The maximum atomic E-state index is 14.2. The van der Waals surface area contributed by atoms with Crippen LogP contribution in [0.3, 0.4) is 0 Å². The predicted molar refractivity (Wildman–Crippen MR) is 117 cm³/mol. The Morgan fingerprint density at radius 3 is 2.70 bits per heavy atom. The number of anilines is 1.